The average molecular weight is 383 g/mol. The highest BCUT2D eigenvalue weighted by Crippen LogP contribution is 2.36. The number of benzene rings is 2. The van der Waals surface area contributed by atoms with E-state index in [-0.39, 0.29) is 11.1 Å². The van der Waals surface area contributed by atoms with Crippen LogP contribution >= 0.6 is 0 Å². The number of anilines is 1. The highest BCUT2D eigenvalue weighted by molar-refractivity contribution is 7.86. The Kier molecular flexibility index (Phi) is 3.58. The molecule has 0 saturated carbocycles. The lowest BCUT2D eigenvalue weighted by molar-refractivity contribution is 0.0977. The van der Waals surface area contributed by atoms with Crippen LogP contribution in [0.2, 0.25) is 0 Å². The Labute approximate surface area is 141 Å². The van der Waals surface area contributed by atoms with E-state index in [2.05, 4.69) is 0 Å². The smallest absolute Gasteiger partial charge is 0.296 e. The average Bonchev–Trinajstić information content (AvgIpc) is 2.49. The van der Waals surface area contributed by atoms with Gasteiger partial charge in [0.2, 0.25) is 0 Å². The molecule has 0 spiro atoms. The summed E-state index contributed by atoms with van der Waals surface area (Å²) in [5, 5.41) is 0. The number of nitrogens with two attached hydrogens (primary N) is 1. The van der Waals surface area contributed by atoms with E-state index < -0.39 is 58.4 Å². The predicted octanol–water partition coefficient (Wildman–Crippen LogP) is 0.538. The van der Waals surface area contributed by atoms with Crippen molar-refractivity contribution >= 4 is 37.5 Å². The van der Waals surface area contributed by atoms with Gasteiger partial charge in [-0.2, -0.15) is 16.8 Å². The standard InChI is InChI=1S/C14H9NO8S2/c15-12-9(25(21,22)23)5-4-7-11(12)14(17)6-2-1-3-8(24(18,19)20)10(6)13(7)16/h1-5H,15H2,(H,18,19,20)(H,21,22,23). The van der Waals surface area contributed by atoms with Crippen LogP contribution in [0.15, 0.2) is 40.1 Å². The van der Waals surface area contributed by atoms with Crippen LogP contribution in [0.1, 0.15) is 31.8 Å². The van der Waals surface area contributed by atoms with Gasteiger partial charge in [-0.25, -0.2) is 0 Å². The Hall–Kier alpha value is -2.60. The fourth-order valence-corrected chi connectivity index (χ4v) is 4.03. The summed E-state index contributed by atoms with van der Waals surface area (Å²) in [7, 11) is -9.53. The van der Waals surface area contributed by atoms with Crippen LogP contribution in [-0.4, -0.2) is 37.5 Å². The first-order valence-corrected chi connectivity index (χ1v) is 9.42. The summed E-state index contributed by atoms with van der Waals surface area (Å²) in [6, 6.07) is 5.02. The summed E-state index contributed by atoms with van der Waals surface area (Å²) in [5.41, 5.74) is 3.35. The van der Waals surface area contributed by atoms with E-state index in [4.69, 9.17) is 10.3 Å². The molecule has 0 fully saturated rings. The largest absolute Gasteiger partial charge is 0.397 e. The van der Waals surface area contributed by atoms with Gasteiger partial charge in [-0.15, -0.1) is 0 Å². The SMILES string of the molecule is Nc1c(S(=O)(=O)O)ccc2c1C(=O)c1cccc(S(=O)(=O)O)c1C2=O. The van der Waals surface area contributed by atoms with Crippen molar-refractivity contribution in [2.45, 2.75) is 9.79 Å². The molecule has 0 unspecified atom stereocenters. The van der Waals surface area contributed by atoms with Crippen LogP contribution in [0.4, 0.5) is 5.69 Å². The van der Waals surface area contributed by atoms with Gasteiger partial charge in [0.1, 0.15) is 9.79 Å². The van der Waals surface area contributed by atoms with E-state index in [1.54, 1.807) is 0 Å². The normalized spacial score (nSPS) is 14.2. The maximum Gasteiger partial charge on any atom is 0.296 e. The number of hydrogen-bond donors (Lipinski definition) is 3. The summed E-state index contributed by atoms with van der Waals surface area (Å²) in [6.07, 6.45) is 0. The molecule has 130 valence electrons. The molecule has 0 aromatic heterocycles. The van der Waals surface area contributed by atoms with E-state index in [0.717, 1.165) is 30.3 Å². The highest BCUT2D eigenvalue weighted by atomic mass is 32.2. The molecule has 11 heteroatoms. The van der Waals surface area contributed by atoms with E-state index in [1.165, 1.54) is 0 Å². The number of fused-ring (bicyclic) bond motifs is 2. The van der Waals surface area contributed by atoms with Gasteiger partial charge < -0.3 is 5.73 Å². The van der Waals surface area contributed by atoms with Crippen molar-refractivity contribution in [1.29, 1.82) is 0 Å². The lowest BCUT2D eigenvalue weighted by atomic mass is 9.83. The molecule has 3 rings (SSSR count). The van der Waals surface area contributed by atoms with Gasteiger partial charge in [0.15, 0.2) is 11.6 Å². The van der Waals surface area contributed by atoms with Crippen LogP contribution in [0, 0.1) is 0 Å². The lowest BCUT2D eigenvalue weighted by Crippen LogP contribution is -2.25. The number of rotatable bonds is 2. The van der Waals surface area contributed by atoms with Gasteiger partial charge in [0, 0.05) is 11.1 Å². The fourth-order valence-electron chi connectivity index (χ4n) is 2.70. The maximum absolute atomic E-state index is 12.6. The quantitative estimate of drug-likeness (QED) is 0.422. The number of carbonyl (C=O) groups is 2. The number of ketones is 2. The molecule has 9 nitrogen and oxygen atoms in total. The summed E-state index contributed by atoms with van der Waals surface area (Å²) in [4.78, 5) is 23.8. The Morgan fingerprint density at radius 2 is 1.24 bits per heavy atom. The van der Waals surface area contributed by atoms with Gasteiger partial charge in [-0.05, 0) is 18.2 Å². The van der Waals surface area contributed by atoms with Crippen molar-refractivity contribution in [3.63, 3.8) is 0 Å². The van der Waals surface area contributed by atoms with Crippen molar-refractivity contribution < 1.29 is 35.5 Å². The van der Waals surface area contributed by atoms with Crippen molar-refractivity contribution in [2.24, 2.45) is 0 Å². The molecule has 0 atom stereocenters. The summed E-state index contributed by atoms with van der Waals surface area (Å²) in [5.74, 6) is -1.83. The number of carbonyl (C=O) groups excluding carboxylic acids is 2. The molecule has 2 aromatic rings. The molecule has 0 saturated heterocycles. The summed E-state index contributed by atoms with van der Waals surface area (Å²) >= 11 is 0. The topological polar surface area (TPSA) is 169 Å². The van der Waals surface area contributed by atoms with Crippen LogP contribution in [-0.2, 0) is 20.2 Å². The van der Waals surface area contributed by atoms with Gasteiger partial charge in [0.25, 0.3) is 20.2 Å². The molecule has 25 heavy (non-hydrogen) atoms. The van der Waals surface area contributed by atoms with E-state index in [9.17, 15) is 31.0 Å². The lowest BCUT2D eigenvalue weighted by Gasteiger charge is -2.21. The Balaban J connectivity index is 2.41. The Bertz CT molecular complexity index is 1180. The first kappa shape index (κ1) is 17.2. The fraction of sp³-hybridized carbons (Fsp3) is 0. The minimum absolute atomic E-state index is 0.335. The Morgan fingerprint density at radius 1 is 0.720 bits per heavy atom. The molecule has 0 bridgehead atoms. The third-order valence-corrected chi connectivity index (χ3v) is 5.54. The van der Waals surface area contributed by atoms with Gasteiger partial charge in [-0.1, -0.05) is 12.1 Å². The van der Waals surface area contributed by atoms with Gasteiger partial charge in [-0.3, -0.25) is 18.7 Å². The molecule has 1 aliphatic carbocycles. The van der Waals surface area contributed by atoms with Crippen molar-refractivity contribution in [2.75, 3.05) is 5.73 Å². The van der Waals surface area contributed by atoms with Crippen LogP contribution < -0.4 is 5.73 Å². The second-order valence-corrected chi connectivity index (χ2v) is 7.97. The summed E-state index contributed by atoms with van der Waals surface area (Å²) in [6.45, 7) is 0. The third-order valence-electron chi connectivity index (χ3n) is 3.73. The van der Waals surface area contributed by atoms with Crippen LogP contribution in [0.5, 0.6) is 0 Å². The maximum atomic E-state index is 12.6. The molecule has 0 aliphatic heterocycles. The van der Waals surface area contributed by atoms with Crippen molar-refractivity contribution in [3.8, 4) is 0 Å². The molecule has 1 aliphatic rings. The number of hydrogen-bond acceptors (Lipinski definition) is 7. The van der Waals surface area contributed by atoms with E-state index >= 15 is 0 Å². The van der Waals surface area contributed by atoms with Crippen molar-refractivity contribution in [3.05, 3.63) is 52.6 Å². The first-order valence-electron chi connectivity index (χ1n) is 6.54. The zero-order valence-electron chi connectivity index (χ0n) is 12.1. The molecular formula is C14H9NO8S2. The highest BCUT2D eigenvalue weighted by Gasteiger charge is 2.37. The Morgan fingerprint density at radius 3 is 1.80 bits per heavy atom. The summed E-state index contributed by atoms with van der Waals surface area (Å²) < 4.78 is 64.0. The third kappa shape index (κ3) is 2.53. The molecule has 2 aromatic carbocycles. The molecular weight excluding hydrogens is 374 g/mol. The minimum atomic E-state index is -4.78. The predicted molar refractivity (Wildman–Crippen MR) is 83.8 cm³/mol. The van der Waals surface area contributed by atoms with Crippen LogP contribution in [0.3, 0.4) is 0 Å². The van der Waals surface area contributed by atoms with Crippen LogP contribution in [0.25, 0.3) is 0 Å². The van der Waals surface area contributed by atoms with Crippen molar-refractivity contribution in [1.82, 2.24) is 0 Å². The van der Waals surface area contributed by atoms with Gasteiger partial charge >= 0.3 is 0 Å². The second-order valence-electron chi connectivity index (χ2n) is 5.19. The zero-order chi connectivity index (χ0) is 18.7. The van der Waals surface area contributed by atoms with Gasteiger partial charge in [0.05, 0.1) is 16.8 Å². The molecule has 0 heterocycles. The molecule has 0 amide bonds. The first-order chi connectivity index (χ1) is 11.4. The minimum Gasteiger partial charge on any atom is -0.397 e. The van der Waals surface area contributed by atoms with E-state index in [0.29, 0.717) is 0 Å². The molecule has 4 N–H and O–H groups in total. The molecule has 0 radical (unpaired) electrons. The zero-order valence-corrected chi connectivity index (χ0v) is 13.8. The van der Waals surface area contributed by atoms with E-state index in [1.807, 2.05) is 0 Å². The monoisotopic (exact) mass is 383 g/mol. The number of nitrogen functional groups attached to an aromatic ring is 1. The second kappa shape index (κ2) is 5.20.